The van der Waals surface area contributed by atoms with Crippen molar-refractivity contribution in [1.82, 2.24) is 30.9 Å². The van der Waals surface area contributed by atoms with Crippen LogP contribution in [0, 0.1) is 5.92 Å². The largest absolute Gasteiger partial charge is 0.337 e. The van der Waals surface area contributed by atoms with Crippen LogP contribution >= 0.6 is 0 Å². The van der Waals surface area contributed by atoms with Crippen LogP contribution in [0.25, 0.3) is 22.2 Å². The highest BCUT2D eigenvalue weighted by Gasteiger charge is 2.15. The van der Waals surface area contributed by atoms with E-state index in [0.717, 1.165) is 40.9 Å². The van der Waals surface area contributed by atoms with Crippen molar-refractivity contribution in [2.45, 2.75) is 0 Å². The van der Waals surface area contributed by atoms with Gasteiger partial charge in [0.25, 0.3) is 0 Å². The van der Waals surface area contributed by atoms with Gasteiger partial charge in [0.2, 0.25) is 0 Å². The fraction of sp³-hybridized carbons (Fsp3) is 0.278. The maximum absolute atomic E-state index is 12.0. The molecule has 3 heterocycles. The molecule has 8 nitrogen and oxygen atoms in total. The number of carbonyl (C=O) groups is 1. The quantitative estimate of drug-likeness (QED) is 0.571. The normalized spacial score (nSPS) is 14.7. The number of aromatic nitrogens is 3. The van der Waals surface area contributed by atoms with Crippen molar-refractivity contribution in [1.29, 1.82) is 0 Å². The fourth-order valence-corrected chi connectivity index (χ4v) is 3.09. The Morgan fingerprint density at radius 1 is 1.23 bits per heavy atom. The Kier molecular flexibility index (Phi) is 4.51. The van der Waals surface area contributed by atoms with Crippen molar-refractivity contribution in [3.63, 3.8) is 0 Å². The summed E-state index contributed by atoms with van der Waals surface area (Å²) < 4.78 is 1.82. The van der Waals surface area contributed by atoms with Gasteiger partial charge in [-0.3, -0.25) is 20.5 Å². The average Bonchev–Trinajstić information content (AvgIpc) is 3.29. The number of hydrogen-bond acceptors (Lipinski definition) is 5. The SMILES string of the molecule is Cn1nc(-c2ccc(NC(=O)NCC3CNNC3)cc2)c2ccncc21. The Bertz CT molecular complexity index is 913. The van der Waals surface area contributed by atoms with Crippen LogP contribution in [0.15, 0.2) is 42.7 Å². The van der Waals surface area contributed by atoms with Gasteiger partial charge < -0.3 is 10.6 Å². The summed E-state index contributed by atoms with van der Waals surface area (Å²) >= 11 is 0. The summed E-state index contributed by atoms with van der Waals surface area (Å²) in [7, 11) is 1.91. The van der Waals surface area contributed by atoms with Crippen molar-refractivity contribution in [3.05, 3.63) is 42.7 Å². The van der Waals surface area contributed by atoms with Crippen molar-refractivity contribution in [3.8, 4) is 11.3 Å². The summed E-state index contributed by atoms with van der Waals surface area (Å²) in [5.41, 5.74) is 9.73. The van der Waals surface area contributed by atoms with E-state index < -0.39 is 0 Å². The minimum atomic E-state index is -0.195. The first-order chi connectivity index (χ1) is 12.7. The number of amides is 2. The van der Waals surface area contributed by atoms with Gasteiger partial charge >= 0.3 is 6.03 Å². The molecule has 0 unspecified atom stereocenters. The molecular formula is C18H21N7O. The first-order valence-electron chi connectivity index (χ1n) is 8.58. The average molecular weight is 351 g/mol. The van der Waals surface area contributed by atoms with Gasteiger partial charge in [-0.2, -0.15) is 5.10 Å². The lowest BCUT2D eigenvalue weighted by atomic mass is 10.1. The number of fused-ring (bicyclic) bond motifs is 1. The van der Waals surface area contributed by atoms with Crippen LogP contribution in [0.4, 0.5) is 10.5 Å². The lowest BCUT2D eigenvalue weighted by Crippen LogP contribution is -2.34. The Hall–Kier alpha value is -2.97. The molecule has 4 N–H and O–H groups in total. The number of aryl methyl sites for hydroxylation is 1. The third kappa shape index (κ3) is 3.37. The molecule has 1 fully saturated rings. The molecule has 0 spiro atoms. The molecule has 3 aromatic rings. The van der Waals surface area contributed by atoms with Gasteiger partial charge in [-0.15, -0.1) is 0 Å². The number of hydrogen-bond donors (Lipinski definition) is 4. The maximum Gasteiger partial charge on any atom is 0.319 e. The molecule has 1 saturated heterocycles. The molecular weight excluding hydrogens is 330 g/mol. The summed E-state index contributed by atoms with van der Waals surface area (Å²) in [5.74, 6) is 0.412. The van der Waals surface area contributed by atoms with Crippen LogP contribution in [0.3, 0.4) is 0 Å². The zero-order chi connectivity index (χ0) is 17.9. The predicted molar refractivity (Wildman–Crippen MR) is 100 cm³/mol. The molecule has 0 radical (unpaired) electrons. The molecule has 2 aromatic heterocycles. The number of urea groups is 1. The fourth-order valence-electron chi connectivity index (χ4n) is 3.09. The minimum Gasteiger partial charge on any atom is -0.337 e. The van der Waals surface area contributed by atoms with Crippen molar-refractivity contribution in [2.75, 3.05) is 25.0 Å². The summed E-state index contributed by atoms with van der Waals surface area (Å²) in [6, 6.07) is 9.46. The van der Waals surface area contributed by atoms with Crippen LogP contribution < -0.4 is 21.5 Å². The number of benzene rings is 1. The third-order valence-corrected chi connectivity index (χ3v) is 4.53. The van der Waals surface area contributed by atoms with Crippen LogP contribution in [0.1, 0.15) is 0 Å². The van der Waals surface area contributed by atoms with Crippen LogP contribution in [0.2, 0.25) is 0 Å². The van der Waals surface area contributed by atoms with E-state index >= 15 is 0 Å². The second-order valence-electron chi connectivity index (χ2n) is 6.41. The number of anilines is 1. The highest BCUT2D eigenvalue weighted by atomic mass is 16.2. The molecule has 1 aromatic carbocycles. The molecule has 0 aliphatic carbocycles. The molecule has 1 aliphatic rings. The molecule has 0 saturated carbocycles. The van der Waals surface area contributed by atoms with E-state index in [4.69, 9.17) is 0 Å². The predicted octanol–water partition coefficient (Wildman–Crippen LogP) is 1.48. The number of nitrogens with zero attached hydrogens (tertiary/aromatic N) is 3. The van der Waals surface area contributed by atoms with E-state index in [-0.39, 0.29) is 6.03 Å². The topological polar surface area (TPSA) is 95.9 Å². The van der Waals surface area contributed by atoms with Gasteiger partial charge in [0, 0.05) is 55.4 Å². The summed E-state index contributed by atoms with van der Waals surface area (Å²) in [6.45, 7) is 2.36. The number of nitrogens with one attached hydrogen (secondary N) is 4. The summed E-state index contributed by atoms with van der Waals surface area (Å²) in [6.07, 6.45) is 3.57. The molecule has 8 heteroatoms. The molecule has 26 heavy (non-hydrogen) atoms. The molecule has 1 aliphatic heterocycles. The number of pyridine rings is 1. The zero-order valence-corrected chi connectivity index (χ0v) is 14.5. The maximum atomic E-state index is 12.0. The second kappa shape index (κ2) is 7.11. The van der Waals surface area contributed by atoms with Gasteiger partial charge in [-0.05, 0) is 18.2 Å². The summed E-state index contributed by atoms with van der Waals surface area (Å²) in [5, 5.41) is 11.4. The molecule has 4 rings (SSSR count). The smallest absolute Gasteiger partial charge is 0.319 e. The van der Waals surface area contributed by atoms with E-state index in [1.807, 2.05) is 48.3 Å². The van der Waals surface area contributed by atoms with E-state index in [0.29, 0.717) is 12.5 Å². The Morgan fingerprint density at radius 2 is 2.00 bits per heavy atom. The highest BCUT2D eigenvalue weighted by Crippen LogP contribution is 2.27. The number of rotatable bonds is 4. The van der Waals surface area contributed by atoms with Gasteiger partial charge in [0.1, 0.15) is 5.69 Å². The van der Waals surface area contributed by atoms with Crippen molar-refractivity contribution in [2.24, 2.45) is 13.0 Å². The van der Waals surface area contributed by atoms with Crippen LogP contribution in [0.5, 0.6) is 0 Å². The first kappa shape index (κ1) is 16.5. The first-order valence-corrected chi connectivity index (χ1v) is 8.58. The van der Waals surface area contributed by atoms with E-state index in [9.17, 15) is 4.79 Å². The van der Waals surface area contributed by atoms with Gasteiger partial charge in [0.15, 0.2) is 0 Å². The Morgan fingerprint density at radius 3 is 2.77 bits per heavy atom. The van der Waals surface area contributed by atoms with E-state index in [2.05, 4.69) is 31.6 Å². The Balaban J connectivity index is 1.43. The van der Waals surface area contributed by atoms with Gasteiger partial charge in [-0.25, -0.2) is 4.79 Å². The zero-order valence-electron chi connectivity index (χ0n) is 14.5. The Labute approximate surface area is 151 Å². The highest BCUT2D eigenvalue weighted by molar-refractivity contribution is 5.93. The molecule has 134 valence electrons. The summed E-state index contributed by atoms with van der Waals surface area (Å²) in [4.78, 5) is 16.2. The monoisotopic (exact) mass is 351 g/mol. The van der Waals surface area contributed by atoms with Crippen molar-refractivity contribution < 1.29 is 4.79 Å². The molecule has 0 atom stereocenters. The second-order valence-corrected chi connectivity index (χ2v) is 6.41. The number of hydrazine groups is 1. The lowest BCUT2D eigenvalue weighted by molar-refractivity contribution is 0.250. The van der Waals surface area contributed by atoms with E-state index in [1.54, 1.807) is 6.20 Å². The van der Waals surface area contributed by atoms with Crippen molar-refractivity contribution >= 4 is 22.6 Å². The standard InChI is InChI=1S/C18H21N7O/c1-25-16-11-19-7-6-15(16)17(24-25)13-2-4-14(5-3-13)23-18(26)20-8-12-9-21-22-10-12/h2-7,11-12,21-22H,8-10H2,1H3,(H2,20,23,26). The van der Waals surface area contributed by atoms with Gasteiger partial charge in [0.05, 0.1) is 11.7 Å². The lowest BCUT2D eigenvalue weighted by Gasteiger charge is -2.11. The van der Waals surface area contributed by atoms with Crippen LogP contribution in [-0.4, -0.2) is 40.4 Å². The minimum absolute atomic E-state index is 0.195. The van der Waals surface area contributed by atoms with E-state index in [1.165, 1.54) is 0 Å². The van der Waals surface area contributed by atoms with Gasteiger partial charge in [-0.1, -0.05) is 12.1 Å². The number of carbonyl (C=O) groups excluding carboxylic acids is 1. The van der Waals surface area contributed by atoms with Crippen LogP contribution in [-0.2, 0) is 7.05 Å². The molecule has 0 bridgehead atoms. The molecule has 2 amide bonds. The third-order valence-electron chi connectivity index (χ3n) is 4.53.